The van der Waals surface area contributed by atoms with Crippen molar-refractivity contribution in [3.8, 4) is 34.0 Å². The highest BCUT2D eigenvalue weighted by Crippen LogP contribution is 2.34. The SMILES string of the molecule is Cn1c(-c2cn(CCOP(=O)([O-])[O-])nn2)nc(-c2ccc(F)cc2)c1-c1ccncc1. The summed E-state index contributed by atoms with van der Waals surface area (Å²) in [6.07, 6.45) is 4.89. The molecule has 0 aliphatic rings. The van der Waals surface area contributed by atoms with Crippen LogP contribution in [0.2, 0.25) is 0 Å². The van der Waals surface area contributed by atoms with Crippen molar-refractivity contribution < 1.29 is 23.3 Å². The minimum atomic E-state index is -5.05. The van der Waals surface area contributed by atoms with Gasteiger partial charge < -0.3 is 23.4 Å². The van der Waals surface area contributed by atoms with E-state index in [4.69, 9.17) is 4.98 Å². The van der Waals surface area contributed by atoms with Crippen molar-refractivity contribution in [3.05, 3.63) is 60.8 Å². The summed E-state index contributed by atoms with van der Waals surface area (Å²) in [7, 11) is -3.23. The Morgan fingerprint density at radius 1 is 1.10 bits per heavy atom. The summed E-state index contributed by atoms with van der Waals surface area (Å²) in [5, 5.41) is 8.02. The maximum Gasteiger partial charge on any atom is 0.163 e. The van der Waals surface area contributed by atoms with Gasteiger partial charge in [-0.25, -0.2) is 14.1 Å². The lowest BCUT2D eigenvalue weighted by Gasteiger charge is -2.28. The second-order valence-corrected chi connectivity index (χ2v) is 7.73. The second-order valence-electron chi connectivity index (χ2n) is 6.58. The predicted octanol–water partition coefficient (Wildman–Crippen LogP) is 1.39. The van der Waals surface area contributed by atoms with Gasteiger partial charge in [-0.15, -0.1) is 5.10 Å². The van der Waals surface area contributed by atoms with Crippen LogP contribution in [0.3, 0.4) is 0 Å². The van der Waals surface area contributed by atoms with E-state index in [9.17, 15) is 18.7 Å². The van der Waals surface area contributed by atoms with Crippen LogP contribution in [0.5, 0.6) is 0 Å². The fraction of sp³-hybridized carbons (Fsp3) is 0.158. The van der Waals surface area contributed by atoms with Gasteiger partial charge in [-0.1, -0.05) is 5.21 Å². The van der Waals surface area contributed by atoms with E-state index in [1.165, 1.54) is 16.8 Å². The Hall–Kier alpha value is -3.24. The summed E-state index contributed by atoms with van der Waals surface area (Å²) in [5.41, 5.74) is 3.41. The van der Waals surface area contributed by atoms with Gasteiger partial charge in [0.15, 0.2) is 5.82 Å². The molecule has 0 radical (unpaired) electrons. The van der Waals surface area contributed by atoms with Crippen LogP contribution in [-0.4, -0.2) is 36.1 Å². The molecule has 0 saturated carbocycles. The molecule has 10 nitrogen and oxygen atoms in total. The van der Waals surface area contributed by atoms with Crippen LogP contribution >= 0.6 is 7.82 Å². The van der Waals surface area contributed by atoms with Crippen molar-refractivity contribution in [2.75, 3.05) is 6.61 Å². The molecule has 0 fully saturated rings. The van der Waals surface area contributed by atoms with Gasteiger partial charge in [0.2, 0.25) is 0 Å². The lowest BCUT2D eigenvalue weighted by molar-refractivity contribution is -0.341. The number of aromatic nitrogens is 6. The molecule has 3 heterocycles. The number of phosphoric ester groups is 1. The van der Waals surface area contributed by atoms with Gasteiger partial charge >= 0.3 is 0 Å². The quantitative estimate of drug-likeness (QED) is 0.392. The standard InChI is InChI=1S/C19H18FN6O4P/c1-25-18(14-6-8-21-9-7-14)17(13-2-4-15(20)5-3-13)22-19(25)16-12-26(24-23-16)10-11-30-31(27,28)29/h2-9,12H,10-11H2,1H3,(H2,27,28,29)/p-2. The molecule has 0 saturated heterocycles. The van der Waals surface area contributed by atoms with Crippen molar-refractivity contribution in [1.82, 2.24) is 29.5 Å². The van der Waals surface area contributed by atoms with Gasteiger partial charge in [0, 0.05) is 30.6 Å². The highest BCUT2D eigenvalue weighted by Gasteiger charge is 2.21. The fourth-order valence-corrected chi connectivity index (χ4v) is 3.44. The zero-order valence-electron chi connectivity index (χ0n) is 16.3. The number of pyridine rings is 1. The molecule has 0 unspecified atom stereocenters. The van der Waals surface area contributed by atoms with Crippen molar-refractivity contribution in [3.63, 3.8) is 0 Å². The van der Waals surface area contributed by atoms with Crippen LogP contribution in [0.15, 0.2) is 55.0 Å². The summed E-state index contributed by atoms with van der Waals surface area (Å²) >= 11 is 0. The number of rotatable bonds is 7. The van der Waals surface area contributed by atoms with Crippen molar-refractivity contribution >= 4 is 7.82 Å². The van der Waals surface area contributed by atoms with Gasteiger partial charge in [0.1, 0.15) is 11.5 Å². The highest BCUT2D eigenvalue weighted by molar-refractivity contribution is 7.43. The molecular formula is C19H16FN6O4P-2. The molecule has 12 heteroatoms. The minimum absolute atomic E-state index is 0.0217. The molecule has 0 N–H and O–H groups in total. The number of hydrogen-bond acceptors (Lipinski definition) is 8. The molecule has 0 atom stereocenters. The van der Waals surface area contributed by atoms with Crippen LogP contribution in [-0.2, 0) is 22.7 Å². The van der Waals surface area contributed by atoms with E-state index in [0.717, 1.165) is 16.8 Å². The Morgan fingerprint density at radius 2 is 1.81 bits per heavy atom. The first-order chi connectivity index (χ1) is 14.8. The van der Waals surface area contributed by atoms with E-state index in [1.807, 2.05) is 23.7 Å². The molecule has 0 bridgehead atoms. The molecule has 4 aromatic rings. The van der Waals surface area contributed by atoms with E-state index in [2.05, 4.69) is 19.8 Å². The number of hydrogen-bond donors (Lipinski definition) is 0. The van der Waals surface area contributed by atoms with E-state index in [0.29, 0.717) is 17.2 Å². The van der Waals surface area contributed by atoms with Crippen molar-refractivity contribution in [2.24, 2.45) is 7.05 Å². The Labute approximate surface area is 176 Å². The molecule has 0 amide bonds. The second kappa shape index (κ2) is 8.48. The molecular weight excluding hydrogens is 426 g/mol. The van der Waals surface area contributed by atoms with Crippen LogP contribution in [0.25, 0.3) is 34.0 Å². The molecule has 31 heavy (non-hydrogen) atoms. The van der Waals surface area contributed by atoms with Crippen molar-refractivity contribution in [1.29, 1.82) is 0 Å². The molecule has 0 spiro atoms. The number of benzene rings is 1. The molecule has 4 rings (SSSR count). The number of nitrogens with zero attached hydrogens (tertiary/aromatic N) is 6. The summed E-state index contributed by atoms with van der Waals surface area (Å²) in [6, 6.07) is 9.69. The Morgan fingerprint density at radius 3 is 2.48 bits per heavy atom. The van der Waals surface area contributed by atoms with E-state index in [-0.39, 0.29) is 19.0 Å². The van der Waals surface area contributed by atoms with Crippen LogP contribution < -0.4 is 9.79 Å². The topological polar surface area (TPSA) is 134 Å². The lowest BCUT2D eigenvalue weighted by atomic mass is 10.1. The van der Waals surface area contributed by atoms with E-state index >= 15 is 0 Å². The largest absolute Gasteiger partial charge is 0.790 e. The molecule has 1 aromatic carbocycles. The third-order valence-electron chi connectivity index (χ3n) is 4.50. The first kappa shape index (κ1) is 21.0. The maximum absolute atomic E-state index is 13.4. The average molecular weight is 442 g/mol. The van der Waals surface area contributed by atoms with E-state index < -0.39 is 7.82 Å². The molecule has 0 aliphatic carbocycles. The first-order valence-corrected chi connectivity index (χ1v) is 10.6. The number of imidazole rings is 1. The highest BCUT2D eigenvalue weighted by atomic mass is 31.2. The fourth-order valence-electron chi connectivity index (χ4n) is 3.13. The zero-order chi connectivity index (χ0) is 22.0. The van der Waals surface area contributed by atoms with Gasteiger partial charge in [-0.2, -0.15) is 0 Å². The maximum atomic E-state index is 13.4. The van der Waals surface area contributed by atoms with Crippen LogP contribution in [0.4, 0.5) is 4.39 Å². The average Bonchev–Trinajstić information content (AvgIpc) is 3.32. The lowest BCUT2D eigenvalue weighted by Crippen LogP contribution is -2.18. The Kier molecular flexibility index (Phi) is 5.75. The van der Waals surface area contributed by atoms with Crippen LogP contribution in [0.1, 0.15) is 0 Å². The predicted molar refractivity (Wildman–Crippen MR) is 104 cm³/mol. The zero-order valence-corrected chi connectivity index (χ0v) is 17.1. The smallest absolute Gasteiger partial charge is 0.163 e. The third kappa shape index (κ3) is 4.75. The van der Waals surface area contributed by atoms with E-state index in [1.54, 1.807) is 30.7 Å². The number of halogens is 1. The third-order valence-corrected chi connectivity index (χ3v) is 5.00. The van der Waals surface area contributed by atoms with Gasteiger partial charge in [-0.05, 0) is 36.4 Å². The summed E-state index contributed by atoms with van der Waals surface area (Å²) < 4.78 is 31.4. The van der Waals surface area contributed by atoms with Gasteiger partial charge in [0.05, 0.1) is 38.6 Å². The van der Waals surface area contributed by atoms with Gasteiger partial charge in [-0.3, -0.25) is 4.98 Å². The molecule has 160 valence electrons. The Balaban J connectivity index is 1.73. The van der Waals surface area contributed by atoms with Crippen LogP contribution in [0, 0.1) is 5.82 Å². The summed E-state index contributed by atoms with van der Waals surface area (Å²) in [4.78, 5) is 29.9. The Bertz CT molecular complexity index is 1240. The summed E-state index contributed by atoms with van der Waals surface area (Å²) in [5.74, 6) is 0.146. The van der Waals surface area contributed by atoms with Crippen molar-refractivity contribution in [2.45, 2.75) is 6.54 Å². The molecule has 3 aromatic heterocycles. The number of phosphoric acid groups is 1. The minimum Gasteiger partial charge on any atom is -0.790 e. The normalized spacial score (nSPS) is 11.7. The van der Waals surface area contributed by atoms with Gasteiger partial charge in [0.25, 0.3) is 0 Å². The monoisotopic (exact) mass is 442 g/mol. The first-order valence-electron chi connectivity index (χ1n) is 9.12. The molecule has 0 aliphatic heterocycles. The summed E-state index contributed by atoms with van der Waals surface area (Å²) in [6.45, 7) is -0.329.